The maximum Gasteiger partial charge on any atom is 0.306 e. The lowest BCUT2D eigenvalue weighted by Crippen LogP contribution is -2.37. The highest BCUT2D eigenvalue weighted by Gasteiger charge is 2.20. The van der Waals surface area contributed by atoms with Crippen molar-refractivity contribution in [1.29, 1.82) is 0 Å². The Bertz CT molecular complexity index is 681. The van der Waals surface area contributed by atoms with Crippen molar-refractivity contribution >= 4 is 20.1 Å². The lowest BCUT2D eigenvalue weighted by Gasteiger charge is -2.28. The van der Waals surface area contributed by atoms with E-state index < -0.39 is 26.5 Å². The maximum atomic E-state index is 12.1. The number of carbonyl (C=O) groups excluding carboxylic acids is 2. The second-order valence-corrected chi connectivity index (χ2v) is 12.6. The van der Waals surface area contributed by atoms with Crippen LogP contribution in [0, 0.1) is 0 Å². The molecule has 0 aliphatic heterocycles. The summed E-state index contributed by atoms with van der Waals surface area (Å²) < 4.78 is 33.3. The van der Waals surface area contributed by atoms with Gasteiger partial charge in [-0.25, -0.2) is 0 Å². The van der Waals surface area contributed by atoms with E-state index in [9.17, 15) is 19.0 Å². The Labute approximate surface area is 237 Å². The molecule has 0 aromatic rings. The number of phosphoric ester groups is 1. The molecule has 0 amide bonds. The third kappa shape index (κ3) is 28.1. The fourth-order valence-corrected chi connectivity index (χ4v) is 4.46. The second-order valence-electron chi connectivity index (χ2n) is 11.1. The third-order valence-electron chi connectivity index (χ3n) is 6.13. The van der Waals surface area contributed by atoms with Crippen LogP contribution in [0.5, 0.6) is 0 Å². The van der Waals surface area contributed by atoms with E-state index in [1.807, 2.05) is 27.2 Å². The molecule has 0 aromatic carbocycles. The van der Waals surface area contributed by atoms with Crippen LogP contribution >= 0.6 is 7.82 Å². The van der Waals surface area contributed by atoms with Gasteiger partial charge < -0.3 is 32.7 Å². The summed E-state index contributed by atoms with van der Waals surface area (Å²) >= 11 is 0. The van der Waals surface area contributed by atoms with Crippen LogP contribution in [0.15, 0.2) is 12.3 Å². The number of esters is 1. The normalized spacial score (nSPS) is 14.3. The molecule has 0 radical (unpaired) electrons. The predicted molar refractivity (Wildman–Crippen MR) is 153 cm³/mol. The van der Waals surface area contributed by atoms with Gasteiger partial charge in [0, 0.05) is 12.8 Å². The Kier molecular flexibility index (Phi) is 23.8. The number of rotatable bonds is 28. The van der Waals surface area contributed by atoms with Crippen molar-refractivity contribution in [2.45, 2.75) is 116 Å². The van der Waals surface area contributed by atoms with E-state index in [0.717, 1.165) is 19.1 Å². The van der Waals surface area contributed by atoms with E-state index in [1.54, 1.807) is 6.26 Å². The molecular weight excluding hydrogens is 521 g/mol. The summed E-state index contributed by atoms with van der Waals surface area (Å²) in [5.74, 6) is -0.541. The van der Waals surface area contributed by atoms with Crippen LogP contribution < -0.4 is 4.89 Å². The molecule has 2 atom stereocenters. The van der Waals surface area contributed by atoms with E-state index in [1.165, 1.54) is 70.6 Å². The molecule has 0 saturated carbocycles. The lowest BCUT2D eigenvalue weighted by molar-refractivity contribution is -0.870. The molecule has 1 unspecified atom stereocenters. The first kappa shape index (κ1) is 37.8. The minimum atomic E-state index is -4.55. The quantitative estimate of drug-likeness (QED) is 0.0274. The van der Waals surface area contributed by atoms with E-state index in [2.05, 4.69) is 6.92 Å². The van der Waals surface area contributed by atoms with Crippen LogP contribution in [0.25, 0.3) is 0 Å². The number of quaternary nitrogens is 1. The third-order valence-corrected chi connectivity index (χ3v) is 7.09. The number of hydrogen-bond acceptors (Lipinski definition) is 8. The molecule has 0 bridgehead atoms. The summed E-state index contributed by atoms with van der Waals surface area (Å²) in [6.45, 7) is 2.26. The smallest absolute Gasteiger partial charge is 0.306 e. The molecule has 0 saturated heterocycles. The first-order valence-electron chi connectivity index (χ1n) is 14.9. The van der Waals surface area contributed by atoms with Crippen LogP contribution in [0.2, 0.25) is 0 Å². The second kappa shape index (κ2) is 24.5. The summed E-state index contributed by atoms with van der Waals surface area (Å²) in [5, 5.41) is 0. The number of carbonyl (C=O) groups is 2. The van der Waals surface area contributed by atoms with Gasteiger partial charge in [0.25, 0.3) is 7.82 Å². The molecule has 0 fully saturated rings. The SMILES string of the molecule is CCCCCCCCCCCCCC/C=C\OC[C@H](COP(=O)([O-])OCC[N+](C)(C)C)OC(=O)CCCC=O. The molecular formula is C29H56NO8P. The van der Waals surface area contributed by atoms with Gasteiger partial charge >= 0.3 is 5.97 Å². The number of likely N-dealkylation sites (N-methyl/N-ethyl adjacent to an activating group) is 1. The molecule has 0 N–H and O–H groups in total. The van der Waals surface area contributed by atoms with Gasteiger partial charge in [0.15, 0.2) is 6.10 Å². The number of ether oxygens (including phenoxy) is 2. The highest BCUT2D eigenvalue weighted by molar-refractivity contribution is 7.45. The molecule has 9 nitrogen and oxygen atoms in total. The van der Waals surface area contributed by atoms with Gasteiger partial charge in [-0.1, -0.05) is 77.6 Å². The summed E-state index contributed by atoms with van der Waals surface area (Å²) in [5.41, 5.74) is 0. The van der Waals surface area contributed by atoms with Crippen LogP contribution in [-0.4, -0.2) is 70.4 Å². The zero-order valence-corrected chi connectivity index (χ0v) is 26.0. The zero-order valence-electron chi connectivity index (χ0n) is 25.1. The number of aldehydes is 1. The molecule has 0 spiro atoms. The molecule has 0 aliphatic carbocycles. The Morgan fingerprint density at radius 3 is 2.00 bits per heavy atom. The van der Waals surface area contributed by atoms with Gasteiger partial charge in [-0.3, -0.25) is 9.36 Å². The number of nitrogens with zero attached hydrogens (tertiary/aromatic N) is 1. The van der Waals surface area contributed by atoms with Crippen molar-refractivity contribution in [3.63, 3.8) is 0 Å². The maximum absolute atomic E-state index is 12.1. The number of unbranched alkanes of at least 4 members (excludes halogenated alkanes) is 13. The lowest BCUT2D eigenvalue weighted by atomic mass is 10.0. The Morgan fingerprint density at radius 1 is 0.846 bits per heavy atom. The van der Waals surface area contributed by atoms with Crippen molar-refractivity contribution < 1.29 is 42.1 Å². The Morgan fingerprint density at radius 2 is 1.44 bits per heavy atom. The monoisotopic (exact) mass is 577 g/mol. The molecule has 0 aliphatic rings. The van der Waals surface area contributed by atoms with E-state index in [-0.39, 0.29) is 26.1 Å². The fourth-order valence-electron chi connectivity index (χ4n) is 3.73. The molecule has 0 aromatic heterocycles. The number of hydrogen-bond donors (Lipinski definition) is 0. The summed E-state index contributed by atoms with van der Waals surface area (Å²) in [6.07, 6.45) is 20.5. The fraction of sp³-hybridized carbons (Fsp3) is 0.862. The van der Waals surface area contributed by atoms with E-state index >= 15 is 0 Å². The average Bonchev–Trinajstić information content (AvgIpc) is 2.86. The van der Waals surface area contributed by atoms with Gasteiger partial charge in [0.05, 0.1) is 34.0 Å². The van der Waals surface area contributed by atoms with Gasteiger partial charge in [-0.05, 0) is 25.3 Å². The zero-order chi connectivity index (χ0) is 29.2. The number of allylic oxidation sites excluding steroid dienone is 1. The predicted octanol–water partition coefficient (Wildman–Crippen LogP) is 6.10. The highest BCUT2D eigenvalue weighted by Crippen LogP contribution is 2.38. The first-order chi connectivity index (χ1) is 18.6. The molecule has 0 heterocycles. The largest absolute Gasteiger partial charge is 0.756 e. The summed E-state index contributed by atoms with van der Waals surface area (Å²) in [6, 6.07) is 0. The van der Waals surface area contributed by atoms with Crippen LogP contribution in [0.3, 0.4) is 0 Å². The summed E-state index contributed by atoms with van der Waals surface area (Å²) in [7, 11) is 1.21. The van der Waals surface area contributed by atoms with Crippen molar-refractivity contribution in [2.75, 3.05) is 47.5 Å². The van der Waals surface area contributed by atoms with Crippen molar-refractivity contribution in [3.8, 4) is 0 Å². The molecule has 10 heteroatoms. The molecule has 230 valence electrons. The van der Waals surface area contributed by atoms with Crippen LogP contribution in [-0.2, 0) is 32.7 Å². The van der Waals surface area contributed by atoms with Gasteiger partial charge in [-0.2, -0.15) is 0 Å². The minimum absolute atomic E-state index is 0.0151. The van der Waals surface area contributed by atoms with Crippen LogP contribution in [0.4, 0.5) is 0 Å². The van der Waals surface area contributed by atoms with Gasteiger partial charge in [-0.15, -0.1) is 0 Å². The van der Waals surface area contributed by atoms with Crippen molar-refractivity contribution in [2.24, 2.45) is 0 Å². The number of phosphoric acid groups is 1. The van der Waals surface area contributed by atoms with E-state index in [0.29, 0.717) is 17.4 Å². The highest BCUT2D eigenvalue weighted by atomic mass is 31.2. The molecule has 39 heavy (non-hydrogen) atoms. The Balaban J connectivity index is 4.21. The topological polar surface area (TPSA) is 111 Å². The van der Waals surface area contributed by atoms with Crippen LogP contribution in [0.1, 0.15) is 110 Å². The first-order valence-corrected chi connectivity index (χ1v) is 16.4. The Hall–Kier alpha value is -1.25. The average molecular weight is 578 g/mol. The van der Waals surface area contributed by atoms with Crippen molar-refractivity contribution in [1.82, 2.24) is 0 Å². The van der Waals surface area contributed by atoms with Gasteiger partial charge in [0.1, 0.15) is 26.0 Å². The van der Waals surface area contributed by atoms with E-state index in [4.69, 9.17) is 18.5 Å². The molecule has 0 rings (SSSR count). The van der Waals surface area contributed by atoms with Crippen molar-refractivity contribution in [3.05, 3.63) is 12.3 Å². The standard InChI is InChI=1S/C29H56NO8P/c1-5-6-7-8-9-10-11-12-13-14-15-16-17-20-24-35-26-28(38-29(32)21-18-19-23-31)27-37-39(33,34)36-25-22-30(2,3)4/h20,23-24,28H,5-19,21-22,25-27H2,1-4H3/b24-20-/t28-/m1/s1. The summed E-state index contributed by atoms with van der Waals surface area (Å²) in [4.78, 5) is 34.6. The minimum Gasteiger partial charge on any atom is -0.756 e. The van der Waals surface area contributed by atoms with Gasteiger partial charge in [0.2, 0.25) is 0 Å².